The van der Waals surface area contributed by atoms with Crippen LogP contribution in [0.3, 0.4) is 0 Å². The van der Waals surface area contributed by atoms with Gasteiger partial charge in [-0.15, -0.1) is 0 Å². The first-order valence-electron chi connectivity index (χ1n) is 8.54. The highest BCUT2D eigenvalue weighted by atomic mass is 79.9. The van der Waals surface area contributed by atoms with E-state index in [-0.39, 0.29) is 6.10 Å². The minimum absolute atomic E-state index is 0.0188. The summed E-state index contributed by atoms with van der Waals surface area (Å²) in [5.74, 6) is 1.78. The summed E-state index contributed by atoms with van der Waals surface area (Å²) >= 11 is 3.53. The first-order valence-corrected chi connectivity index (χ1v) is 9.33. The van der Waals surface area contributed by atoms with Crippen molar-refractivity contribution >= 4 is 38.6 Å². The number of imidazole rings is 1. The lowest BCUT2D eigenvalue weighted by molar-refractivity contribution is 0.228. The SMILES string of the molecule is COc1cc(/C=C(/C#N)c2nc3ccc(C)cc3[nH]2)cc(Br)c1OC(C)C. The van der Waals surface area contributed by atoms with Crippen LogP contribution < -0.4 is 9.47 Å². The molecule has 3 rings (SSSR count). The number of methoxy groups -OCH3 is 1. The fourth-order valence-corrected chi connectivity index (χ4v) is 3.30. The van der Waals surface area contributed by atoms with E-state index in [1.807, 2.05) is 51.1 Å². The summed E-state index contributed by atoms with van der Waals surface area (Å²) in [6.45, 7) is 5.93. The number of aromatic nitrogens is 2. The average molecular weight is 426 g/mol. The molecule has 1 N–H and O–H groups in total. The largest absolute Gasteiger partial charge is 0.493 e. The Hall–Kier alpha value is -2.78. The van der Waals surface area contributed by atoms with E-state index in [4.69, 9.17) is 9.47 Å². The molecule has 0 aliphatic rings. The molecule has 0 aliphatic heterocycles. The number of nitrogens with one attached hydrogen (secondary N) is 1. The van der Waals surface area contributed by atoms with Crippen molar-refractivity contribution in [2.45, 2.75) is 26.9 Å². The zero-order valence-corrected chi connectivity index (χ0v) is 17.2. The van der Waals surface area contributed by atoms with Crippen molar-refractivity contribution in [3.05, 3.63) is 51.8 Å². The van der Waals surface area contributed by atoms with Gasteiger partial charge in [-0.05, 0) is 78.2 Å². The molecule has 5 nitrogen and oxygen atoms in total. The molecule has 0 saturated heterocycles. The van der Waals surface area contributed by atoms with Gasteiger partial charge < -0.3 is 14.5 Å². The number of hydrogen-bond donors (Lipinski definition) is 1. The summed E-state index contributed by atoms with van der Waals surface area (Å²) < 4.78 is 12.0. The van der Waals surface area contributed by atoms with Gasteiger partial charge in [0.25, 0.3) is 0 Å². The van der Waals surface area contributed by atoms with Gasteiger partial charge in [-0.2, -0.15) is 5.26 Å². The van der Waals surface area contributed by atoms with Crippen molar-refractivity contribution in [1.82, 2.24) is 9.97 Å². The fraction of sp³-hybridized carbons (Fsp3) is 0.238. The van der Waals surface area contributed by atoms with Crippen molar-refractivity contribution in [1.29, 1.82) is 5.26 Å². The maximum Gasteiger partial charge on any atom is 0.175 e. The molecular weight excluding hydrogens is 406 g/mol. The number of H-pyrrole nitrogens is 1. The molecule has 0 bridgehead atoms. The van der Waals surface area contributed by atoms with E-state index in [0.29, 0.717) is 22.9 Å². The lowest BCUT2D eigenvalue weighted by Crippen LogP contribution is -2.07. The van der Waals surface area contributed by atoms with Crippen LogP contribution in [0.25, 0.3) is 22.7 Å². The third-order valence-electron chi connectivity index (χ3n) is 3.93. The second-order valence-electron chi connectivity index (χ2n) is 6.48. The van der Waals surface area contributed by atoms with Gasteiger partial charge in [0.1, 0.15) is 11.9 Å². The molecule has 6 heteroatoms. The number of fused-ring (bicyclic) bond motifs is 1. The van der Waals surface area contributed by atoms with Crippen molar-refractivity contribution < 1.29 is 9.47 Å². The Kier molecular flexibility index (Phi) is 5.52. The molecule has 1 heterocycles. The Balaban J connectivity index is 2.04. The number of ether oxygens (including phenoxy) is 2. The second kappa shape index (κ2) is 7.85. The molecule has 0 unspecified atom stereocenters. The minimum Gasteiger partial charge on any atom is -0.493 e. The number of aromatic amines is 1. The highest BCUT2D eigenvalue weighted by Gasteiger charge is 2.14. The number of rotatable bonds is 5. The van der Waals surface area contributed by atoms with Crippen molar-refractivity contribution in [3.63, 3.8) is 0 Å². The molecule has 3 aromatic rings. The van der Waals surface area contributed by atoms with Crippen LogP contribution in [0.4, 0.5) is 0 Å². The Bertz CT molecular complexity index is 1060. The molecule has 0 saturated carbocycles. The molecule has 0 amide bonds. The minimum atomic E-state index is 0.0188. The maximum absolute atomic E-state index is 9.64. The van der Waals surface area contributed by atoms with Crippen LogP contribution in [0.1, 0.15) is 30.8 Å². The molecule has 1 aromatic heterocycles. The monoisotopic (exact) mass is 425 g/mol. The van der Waals surface area contributed by atoms with Crippen LogP contribution in [-0.4, -0.2) is 23.2 Å². The number of hydrogen-bond acceptors (Lipinski definition) is 4. The van der Waals surface area contributed by atoms with Crippen LogP contribution in [-0.2, 0) is 0 Å². The van der Waals surface area contributed by atoms with Crippen LogP contribution in [0.15, 0.2) is 34.8 Å². The summed E-state index contributed by atoms with van der Waals surface area (Å²) in [4.78, 5) is 7.75. The molecule has 0 aliphatic carbocycles. The molecule has 0 atom stereocenters. The highest BCUT2D eigenvalue weighted by molar-refractivity contribution is 9.10. The summed E-state index contributed by atoms with van der Waals surface area (Å²) in [6, 6.07) is 11.9. The maximum atomic E-state index is 9.64. The van der Waals surface area contributed by atoms with Gasteiger partial charge in [-0.1, -0.05) is 6.07 Å². The molecule has 0 radical (unpaired) electrons. The van der Waals surface area contributed by atoms with Gasteiger partial charge in [-0.25, -0.2) is 4.98 Å². The number of benzene rings is 2. The Morgan fingerprint density at radius 3 is 2.74 bits per heavy atom. The van der Waals surface area contributed by atoms with Gasteiger partial charge >= 0.3 is 0 Å². The van der Waals surface area contributed by atoms with Gasteiger partial charge in [0.2, 0.25) is 0 Å². The van der Waals surface area contributed by atoms with Crippen LogP contribution in [0.5, 0.6) is 11.5 Å². The number of aryl methyl sites for hydroxylation is 1. The molecule has 0 spiro atoms. The van der Waals surface area contributed by atoms with E-state index in [0.717, 1.165) is 26.6 Å². The Morgan fingerprint density at radius 1 is 1.30 bits per heavy atom. The predicted octanol–water partition coefficient (Wildman–Crippen LogP) is 5.49. The number of nitrogens with zero attached hydrogens (tertiary/aromatic N) is 2. The number of halogens is 1. The summed E-state index contributed by atoms with van der Waals surface area (Å²) in [6.07, 6.45) is 1.79. The van der Waals surface area contributed by atoms with Crippen molar-refractivity contribution in [2.24, 2.45) is 0 Å². The Labute approximate surface area is 166 Å². The smallest absolute Gasteiger partial charge is 0.175 e. The summed E-state index contributed by atoms with van der Waals surface area (Å²) in [7, 11) is 1.59. The molecule has 2 aromatic carbocycles. The fourth-order valence-electron chi connectivity index (χ4n) is 2.74. The number of allylic oxidation sites excluding steroid dienone is 1. The summed E-state index contributed by atoms with van der Waals surface area (Å²) in [5, 5.41) is 9.64. The van der Waals surface area contributed by atoms with Gasteiger partial charge in [0, 0.05) is 0 Å². The van der Waals surface area contributed by atoms with Crippen LogP contribution >= 0.6 is 15.9 Å². The van der Waals surface area contributed by atoms with Crippen LogP contribution in [0.2, 0.25) is 0 Å². The third kappa shape index (κ3) is 4.15. The van der Waals surface area contributed by atoms with Crippen LogP contribution in [0, 0.1) is 18.3 Å². The lowest BCUT2D eigenvalue weighted by Gasteiger charge is -2.16. The van der Waals surface area contributed by atoms with Gasteiger partial charge in [0.05, 0.1) is 34.3 Å². The van der Waals surface area contributed by atoms with E-state index in [1.54, 1.807) is 13.2 Å². The highest BCUT2D eigenvalue weighted by Crippen LogP contribution is 2.38. The zero-order chi connectivity index (χ0) is 19.6. The van der Waals surface area contributed by atoms with E-state index < -0.39 is 0 Å². The topological polar surface area (TPSA) is 70.9 Å². The van der Waals surface area contributed by atoms with Crippen molar-refractivity contribution in [2.75, 3.05) is 7.11 Å². The third-order valence-corrected chi connectivity index (χ3v) is 4.52. The van der Waals surface area contributed by atoms with E-state index in [2.05, 4.69) is 32.0 Å². The van der Waals surface area contributed by atoms with Gasteiger partial charge in [0.15, 0.2) is 11.5 Å². The number of nitriles is 1. The van der Waals surface area contributed by atoms with Gasteiger partial charge in [-0.3, -0.25) is 0 Å². The standard InChI is InChI=1S/C21H20BrN3O2/c1-12(2)27-20-16(22)9-14(10-19(20)26-4)8-15(11-23)21-24-17-6-5-13(3)7-18(17)25-21/h5-10,12H,1-4H3,(H,24,25)/b15-8-. The predicted molar refractivity (Wildman–Crippen MR) is 111 cm³/mol. The lowest BCUT2D eigenvalue weighted by atomic mass is 10.1. The molecule has 0 fully saturated rings. The van der Waals surface area contributed by atoms with E-state index in [9.17, 15) is 5.26 Å². The molecule has 27 heavy (non-hydrogen) atoms. The first kappa shape index (κ1) is 19.0. The normalized spacial score (nSPS) is 11.7. The molecular formula is C21H20BrN3O2. The Morgan fingerprint density at radius 2 is 2.07 bits per heavy atom. The van der Waals surface area contributed by atoms with E-state index >= 15 is 0 Å². The van der Waals surface area contributed by atoms with E-state index in [1.165, 1.54) is 0 Å². The zero-order valence-electron chi connectivity index (χ0n) is 15.6. The summed E-state index contributed by atoms with van der Waals surface area (Å²) in [5.41, 5.74) is 4.12. The average Bonchev–Trinajstić information content (AvgIpc) is 3.04. The molecule has 138 valence electrons. The quantitative estimate of drug-likeness (QED) is 0.548. The second-order valence-corrected chi connectivity index (χ2v) is 7.33. The van der Waals surface area contributed by atoms with Crippen molar-refractivity contribution in [3.8, 4) is 17.6 Å². The first-order chi connectivity index (χ1) is 12.9.